The van der Waals surface area contributed by atoms with Crippen molar-refractivity contribution in [2.24, 2.45) is 11.8 Å². The largest absolute Gasteiger partial charge is 0.313 e. The number of hydrogen-bond donors (Lipinski definition) is 1. The van der Waals surface area contributed by atoms with Crippen LogP contribution in [0.2, 0.25) is 0 Å². The van der Waals surface area contributed by atoms with Crippen LogP contribution >= 0.6 is 0 Å². The van der Waals surface area contributed by atoms with E-state index in [9.17, 15) is 4.39 Å². The highest BCUT2D eigenvalue weighted by molar-refractivity contribution is 5.30. The van der Waals surface area contributed by atoms with Crippen LogP contribution in [-0.2, 0) is 0 Å². The lowest BCUT2D eigenvalue weighted by Gasteiger charge is -2.34. The Kier molecular flexibility index (Phi) is 6.22. The van der Waals surface area contributed by atoms with Gasteiger partial charge in [-0.2, -0.15) is 0 Å². The molecule has 1 unspecified atom stereocenters. The van der Waals surface area contributed by atoms with E-state index in [1.54, 1.807) is 12.1 Å². The summed E-state index contributed by atoms with van der Waals surface area (Å²) in [7, 11) is 2.04. The SMILES string of the molecule is CCCCC1CCC(C(NC)c2ccc(F)cc2C)CC1. The molecule has 0 spiro atoms. The fraction of sp³-hybridized carbons (Fsp3) is 0.684. The smallest absolute Gasteiger partial charge is 0.123 e. The normalized spacial score (nSPS) is 24.0. The molecule has 0 heterocycles. The van der Waals surface area contributed by atoms with Crippen molar-refractivity contribution in [2.45, 2.75) is 64.8 Å². The molecule has 0 saturated heterocycles. The summed E-state index contributed by atoms with van der Waals surface area (Å²) in [5, 5.41) is 3.48. The van der Waals surface area contributed by atoms with Crippen molar-refractivity contribution in [3.05, 3.63) is 35.1 Å². The van der Waals surface area contributed by atoms with Crippen LogP contribution in [-0.4, -0.2) is 7.05 Å². The van der Waals surface area contributed by atoms with Crippen LogP contribution in [0.5, 0.6) is 0 Å². The number of benzene rings is 1. The highest BCUT2D eigenvalue weighted by Crippen LogP contribution is 2.39. The Labute approximate surface area is 129 Å². The van der Waals surface area contributed by atoms with Gasteiger partial charge in [0.25, 0.3) is 0 Å². The van der Waals surface area contributed by atoms with E-state index in [0.29, 0.717) is 12.0 Å². The average Bonchev–Trinajstić information content (AvgIpc) is 2.49. The first-order valence-corrected chi connectivity index (χ1v) is 8.59. The van der Waals surface area contributed by atoms with Gasteiger partial charge in [-0.05, 0) is 61.9 Å². The first kappa shape index (κ1) is 16.5. The average molecular weight is 291 g/mol. The van der Waals surface area contributed by atoms with Crippen LogP contribution in [0, 0.1) is 24.6 Å². The Hall–Kier alpha value is -0.890. The second-order valence-electron chi connectivity index (χ2n) is 6.69. The summed E-state index contributed by atoms with van der Waals surface area (Å²) in [6.45, 7) is 4.30. The summed E-state index contributed by atoms with van der Waals surface area (Å²) in [6, 6.07) is 5.60. The molecule has 1 aromatic carbocycles. The maximum absolute atomic E-state index is 13.3. The van der Waals surface area contributed by atoms with E-state index in [-0.39, 0.29) is 5.82 Å². The third-order valence-electron chi connectivity index (χ3n) is 5.21. The van der Waals surface area contributed by atoms with Crippen molar-refractivity contribution in [3.63, 3.8) is 0 Å². The lowest BCUT2D eigenvalue weighted by atomic mass is 9.75. The summed E-state index contributed by atoms with van der Waals surface area (Å²) < 4.78 is 13.3. The molecule has 1 aliphatic carbocycles. The highest BCUT2D eigenvalue weighted by Gasteiger charge is 2.28. The number of hydrogen-bond acceptors (Lipinski definition) is 1. The minimum absolute atomic E-state index is 0.130. The lowest BCUT2D eigenvalue weighted by molar-refractivity contribution is 0.217. The first-order valence-electron chi connectivity index (χ1n) is 8.59. The fourth-order valence-corrected chi connectivity index (χ4v) is 3.94. The van der Waals surface area contributed by atoms with Gasteiger partial charge < -0.3 is 5.32 Å². The Morgan fingerprint density at radius 1 is 1.24 bits per heavy atom. The molecule has 1 fully saturated rings. The number of rotatable bonds is 6. The Bertz CT molecular complexity index is 435. The molecule has 1 N–H and O–H groups in total. The number of unbranched alkanes of at least 4 members (excludes halogenated alkanes) is 1. The Balaban J connectivity index is 1.99. The third-order valence-corrected chi connectivity index (χ3v) is 5.21. The zero-order chi connectivity index (χ0) is 15.2. The molecule has 118 valence electrons. The van der Waals surface area contributed by atoms with Crippen LogP contribution in [0.3, 0.4) is 0 Å². The van der Waals surface area contributed by atoms with Gasteiger partial charge in [0.2, 0.25) is 0 Å². The van der Waals surface area contributed by atoms with Crippen LogP contribution < -0.4 is 5.32 Å². The maximum atomic E-state index is 13.3. The molecule has 21 heavy (non-hydrogen) atoms. The van der Waals surface area contributed by atoms with Crippen molar-refractivity contribution in [1.29, 1.82) is 0 Å². The van der Waals surface area contributed by atoms with Gasteiger partial charge in [0.05, 0.1) is 0 Å². The van der Waals surface area contributed by atoms with Gasteiger partial charge in [-0.3, -0.25) is 0 Å². The molecule has 1 aromatic rings. The predicted molar refractivity (Wildman–Crippen MR) is 87.9 cm³/mol. The quantitative estimate of drug-likeness (QED) is 0.741. The van der Waals surface area contributed by atoms with Gasteiger partial charge in [-0.1, -0.05) is 45.1 Å². The molecule has 0 bridgehead atoms. The van der Waals surface area contributed by atoms with E-state index < -0.39 is 0 Å². The van der Waals surface area contributed by atoms with Crippen molar-refractivity contribution in [2.75, 3.05) is 7.05 Å². The lowest BCUT2D eigenvalue weighted by Crippen LogP contribution is -2.29. The van der Waals surface area contributed by atoms with Crippen molar-refractivity contribution in [3.8, 4) is 0 Å². The minimum Gasteiger partial charge on any atom is -0.313 e. The summed E-state index contributed by atoms with van der Waals surface area (Å²) >= 11 is 0. The second kappa shape index (κ2) is 7.93. The van der Waals surface area contributed by atoms with Gasteiger partial charge in [0.15, 0.2) is 0 Å². The third kappa shape index (κ3) is 4.29. The molecule has 1 atom stereocenters. The van der Waals surface area contributed by atoms with E-state index in [1.807, 2.05) is 20.0 Å². The summed E-state index contributed by atoms with van der Waals surface area (Å²) in [4.78, 5) is 0. The molecule has 2 rings (SSSR count). The van der Waals surface area contributed by atoms with Gasteiger partial charge in [0, 0.05) is 6.04 Å². The van der Waals surface area contributed by atoms with Gasteiger partial charge in [-0.25, -0.2) is 4.39 Å². The van der Waals surface area contributed by atoms with E-state index >= 15 is 0 Å². The standard InChI is InChI=1S/C19H30FN/c1-4-5-6-15-7-9-16(10-8-15)19(21-3)18-12-11-17(20)13-14(18)2/h11-13,15-16,19,21H,4-10H2,1-3H3. The highest BCUT2D eigenvalue weighted by atomic mass is 19.1. The summed E-state index contributed by atoms with van der Waals surface area (Å²) in [5.41, 5.74) is 2.35. The molecule has 0 radical (unpaired) electrons. The van der Waals surface area contributed by atoms with Gasteiger partial charge >= 0.3 is 0 Å². The Morgan fingerprint density at radius 3 is 2.52 bits per heavy atom. The second-order valence-corrected chi connectivity index (χ2v) is 6.69. The van der Waals surface area contributed by atoms with Crippen molar-refractivity contribution >= 4 is 0 Å². The predicted octanol–water partition coefficient (Wildman–Crippen LogP) is 5.39. The van der Waals surface area contributed by atoms with Crippen LogP contribution in [0.15, 0.2) is 18.2 Å². The minimum atomic E-state index is -0.130. The molecule has 1 nitrogen and oxygen atoms in total. The van der Waals surface area contributed by atoms with E-state index in [0.717, 1.165) is 11.5 Å². The maximum Gasteiger partial charge on any atom is 0.123 e. The number of nitrogens with one attached hydrogen (secondary N) is 1. The van der Waals surface area contributed by atoms with Crippen molar-refractivity contribution < 1.29 is 4.39 Å². The van der Waals surface area contributed by atoms with Crippen molar-refractivity contribution in [1.82, 2.24) is 5.32 Å². The van der Waals surface area contributed by atoms with E-state index in [2.05, 4.69) is 12.2 Å². The molecule has 0 aromatic heterocycles. The molecule has 0 amide bonds. The zero-order valence-electron chi connectivity index (χ0n) is 13.8. The topological polar surface area (TPSA) is 12.0 Å². The number of halogens is 1. The van der Waals surface area contributed by atoms with Crippen LogP contribution in [0.1, 0.15) is 69.0 Å². The first-order chi connectivity index (χ1) is 10.2. The van der Waals surface area contributed by atoms with Crippen LogP contribution in [0.4, 0.5) is 4.39 Å². The summed E-state index contributed by atoms with van der Waals surface area (Å²) in [6.07, 6.45) is 9.43. The monoisotopic (exact) mass is 291 g/mol. The number of aryl methyl sites for hydroxylation is 1. The van der Waals surface area contributed by atoms with Gasteiger partial charge in [0.1, 0.15) is 5.82 Å². The molecule has 2 heteroatoms. The molecular formula is C19H30FN. The van der Waals surface area contributed by atoms with E-state index in [4.69, 9.17) is 0 Å². The fourth-order valence-electron chi connectivity index (χ4n) is 3.94. The molecule has 0 aliphatic heterocycles. The Morgan fingerprint density at radius 2 is 1.95 bits per heavy atom. The van der Waals surface area contributed by atoms with Gasteiger partial charge in [-0.15, -0.1) is 0 Å². The van der Waals surface area contributed by atoms with E-state index in [1.165, 1.54) is 50.5 Å². The molecule has 1 aliphatic rings. The molecular weight excluding hydrogens is 261 g/mol. The van der Waals surface area contributed by atoms with Crippen LogP contribution in [0.25, 0.3) is 0 Å². The summed E-state index contributed by atoms with van der Waals surface area (Å²) in [5.74, 6) is 1.50. The molecule has 1 saturated carbocycles. The zero-order valence-corrected chi connectivity index (χ0v) is 13.8.